The summed E-state index contributed by atoms with van der Waals surface area (Å²) in [5.41, 5.74) is 0.971. The first-order chi connectivity index (χ1) is 6.27. The lowest BCUT2D eigenvalue weighted by molar-refractivity contribution is 0.922. The molecule has 0 unspecified atom stereocenters. The highest BCUT2D eigenvalue weighted by molar-refractivity contribution is 9.18. The van der Waals surface area contributed by atoms with Gasteiger partial charge in [-0.1, -0.05) is 23.7 Å². The summed E-state index contributed by atoms with van der Waals surface area (Å²) in [6.45, 7) is 0.893. The summed E-state index contributed by atoms with van der Waals surface area (Å²) in [6.07, 6.45) is 0.950. The monoisotopic (exact) mass is 258 g/mol. The van der Waals surface area contributed by atoms with Gasteiger partial charge in [0.25, 0.3) is 0 Å². The van der Waals surface area contributed by atoms with Crippen molar-refractivity contribution < 1.29 is 0 Å². The van der Waals surface area contributed by atoms with Gasteiger partial charge in [0.05, 0.1) is 10.7 Å². The molecular formula is C9H8BrClN2. The molecule has 0 amide bonds. The van der Waals surface area contributed by atoms with E-state index in [1.165, 1.54) is 0 Å². The Morgan fingerprint density at radius 2 is 2.15 bits per heavy atom. The van der Waals surface area contributed by atoms with Gasteiger partial charge in [-0.05, 0) is 28.1 Å². The third-order valence-corrected chi connectivity index (χ3v) is 2.76. The van der Waals surface area contributed by atoms with Crippen LogP contribution in [0, 0.1) is 0 Å². The summed E-state index contributed by atoms with van der Waals surface area (Å²) >= 11 is 9.39. The topological polar surface area (TPSA) is 15.6 Å². The van der Waals surface area contributed by atoms with Gasteiger partial charge in [0.2, 0.25) is 0 Å². The largest absolute Gasteiger partial charge is 0.263 e. The van der Waals surface area contributed by atoms with Crippen LogP contribution in [0.4, 0.5) is 5.69 Å². The van der Waals surface area contributed by atoms with Crippen molar-refractivity contribution in [3.8, 4) is 0 Å². The summed E-state index contributed by atoms with van der Waals surface area (Å²) in [4.78, 5) is 0. The third-order valence-electron chi connectivity index (χ3n) is 1.89. The van der Waals surface area contributed by atoms with E-state index in [0.29, 0.717) is 0 Å². The maximum atomic E-state index is 6.03. The lowest BCUT2D eigenvalue weighted by Gasteiger charge is -2.14. The molecule has 0 N–H and O–H groups in total. The van der Waals surface area contributed by atoms with E-state index in [4.69, 9.17) is 11.6 Å². The highest BCUT2D eigenvalue weighted by Gasteiger charge is 2.15. The van der Waals surface area contributed by atoms with Gasteiger partial charge in [0, 0.05) is 13.0 Å². The van der Waals surface area contributed by atoms with Crippen molar-refractivity contribution in [2.24, 2.45) is 5.10 Å². The van der Waals surface area contributed by atoms with Crippen LogP contribution < -0.4 is 5.01 Å². The molecule has 13 heavy (non-hydrogen) atoms. The van der Waals surface area contributed by atoms with Crippen LogP contribution in [0.3, 0.4) is 0 Å². The Morgan fingerprint density at radius 1 is 1.38 bits per heavy atom. The van der Waals surface area contributed by atoms with Crippen molar-refractivity contribution in [2.45, 2.75) is 6.42 Å². The first-order valence-corrected chi connectivity index (χ1v) is 5.19. The number of hydrazone groups is 1. The van der Waals surface area contributed by atoms with Crippen LogP contribution in [0.15, 0.2) is 29.4 Å². The molecular weight excluding hydrogens is 251 g/mol. The van der Waals surface area contributed by atoms with Crippen LogP contribution in [0.5, 0.6) is 0 Å². The van der Waals surface area contributed by atoms with Crippen molar-refractivity contribution >= 4 is 37.8 Å². The van der Waals surface area contributed by atoms with Gasteiger partial charge in [0.15, 0.2) is 0 Å². The van der Waals surface area contributed by atoms with Crippen molar-refractivity contribution in [3.05, 3.63) is 29.3 Å². The van der Waals surface area contributed by atoms with Crippen LogP contribution in [-0.2, 0) is 0 Å². The minimum Gasteiger partial charge on any atom is -0.263 e. The van der Waals surface area contributed by atoms with Gasteiger partial charge < -0.3 is 0 Å². The molecule has 0 saturated carbocycles. The van der Waals surface area contributed by atoms with Crippen LogP contribution in [0.25, 0.3) is 0 Å². The molecule has 1 aromatic carbocycles. The molecule has 0 fully saturated rings. The molecule has 0 atom stereocenters. The second-order valence-electron chi connectivity index (χ2n) is 2.80. The predicted octanol–water partition coefficient (Wildman–Crippen LogP) is 3.26. The van der Waals surface area contributed by atoms with Crippen molar-refractivity contribution in [1.82, 2.24) is 0 Å². The summed E-state index contributed by atoms with van der Waals surface area (Å²) in [7, 11) is 0. The number of hydrogen-bond donors (Lipinski definition) is 0. The maximum Gasteiger partial charge on any atom is 0.105 e. The van der Waals surface area contributed by atoms with Crippen molar-refractivity contribution in [2.75, 3.05) is 11.6 Å². The van der Waals surface area contributed by atoms with E-state index >= 15 is 0 Å². The second-order valence-corrected chi connectivity index (χ2v) is 4.12. The zero-order valence-electron chi connectivity index (χ0n) is 6.87. The second kappa shape index (κ2) is 3.68. The van der Waals surface area contributed by atoms with E-state index in [1.807, 2.05) is 29.3 Å². The molecule has 2 rings (SSSR count). The van der Waals surface area contributed by atoms with E-state index < -0.39 is 0 Å². The minimum atomic E-state index is 0.744. The van der Waals surface area contributed by atoms with Gasteiger partial charge in [-0.3, -0.25) is 5.01 Å². The predicted molar refractivity (Wildman–Crippen MR) is 59.8 cm³/mol. The average molecular weight is 260 g/mol. The summed E-state index contributed by atoms with van der Waals surface area (Å²) in [5.74, 6) is 0. The van der Waals surface area contributed by atoms with E-state index in [-0.39, 0.29) is 0 Å². The van der Waals surface area contributed by atoms with Gasteiger partial charge in [-0.25, -0.2) is 0 Å². The number of rotatable bonds is 1. The fourth-order valence-electron chi connectivity index (χ4n) is 1.26. The van der Waals surface area contributed by atoms with Crippen LogP contribution >= 0.6 is 27.5 Å². The van der Waals surface area contributed by atoms with Gasteiger partial charge in [0.1, 0.15) is 4.62 Å². The van der Waals surface area contributed by atoms with Crippen LogP contribution in [0.2, 0.25) is 5.02 Å². The van der Waals surface area contributed by atoms with E-state index in [0.717, 1.165) is 28.3 Å². The summed E-state index contributed by atoms with van der Waals surface area (Å²) in [6, 6.07) is 7.72. The smallest absolute Gasteiger partial charge is 0.105 e. The molecule has 1 aliphatic heterocycles. The lowest BCUT2D eigenvalue weighted by atomic mass is 10.3. The number of nitrogens with zero attached hydrogens (tertiary/aromatic N) is 2. The Hall–Kier alpha value is -0.540. The van der Waals surface area contributed by atoms with Gasteiger partial charge in [-0.2, -0.15) is 5.10 Å². The molecule has 4 heteroatoms. The molecule has 1 aromatic rings. The first kappa shape index (κ1) is 9.03. The van der Waals surface area contributed by atoms with Gasteiger partial charge in [-0.15, -0.1) is 0 Å². The number of benzene rings is 1. The fourth-order valence-corrected chi connectivity index (χ4v) is 1.87. The summed E-state index contributed by atoms with van der Waals surface area (Å²) in [5, 5.41) is 6.95. The number of para-hydroxylation sites is 1. The first-order valence-electron chi connectivity index (χ1n) is 4.02. The Morgan fingerprint density at radius 3 is 2.77 bits per heavy atom. The van der Waals surface area contributed by atoms with Crippen molar-refractivity contribution in [1.29, 1.82) is 0 Å². The number of halogens is 2. The minimum absolute atomic E-state index is 0.744. The average Bonchev–Trinajstić information content (AvgIpc) is 2.53. The molecule has 1 aliphatic rings. The third kappa shape index (κ3) is 1.86. The fraction of sp³-hybridized carbons (Fsp3) is 0.222. The zero-order chi connectivity index (χ0) is 9.26. The Bertz CT molecular complexity index is 351. The standard InChI is InChI=1S/C9H8BrClN2/c10-9-5-6-13(12-9)8-4-2-1-3-7(8)11/h1-4H,5-6H2. The molecule has 0 bridgehead atoms. The van der Waals surface area contributed by atoms with E-state index in [2.05, 4.69) is 21.0 Å². The quantitative estimate of drug-likeness (QED) is 0.756. The Kier molecular flexibility index (Phi) is 2.56. The van der Waals surface area contributed by atoms with Crippen LogP contribution in [-0.4, -0.2) is 11.2 Å². The Balaban J connectivity index is 2.31. The Labute approximate surface area is 90.3 Å². The van der Waals surface area contributed by atoms with Crippen molar-refractivity contribution in [3.63, 3.8) is 0 Å². The molecule has 0 radical (unpaired) electrons. The zero-order valence-corrected chi connectivity index (χ0v) is 9.22. The van der Waals surface area contributed by atoms with Crippen LogP contribution in [0.1, 0.15) is 6.42 Å². The number of anilines is 1. The molecule has 0 saturated heterocycles. The molecule has 2 nitrogen and oxygen atoms in total. The number of hydrogen-bond acceptors (Lipinski definition) is 2. The molecule has 0 aromatic heterocycles. The highest BCUT2D eigenvalue weighted by atomic mass is 79.9. The van der Waals surface area contributed by atoms with E-state index in [9.17, 15) is 0 Å². The normalized spacial score (nSPS) is 16.2. The highest BCUT2D eigenvalue weighted by Crippen LogP contribution is 2.28. The molecule has 0 aliphatic carbocycles. The van der Waals surface area contributed by atoms with E-state index in [1.54, 1.807) is 0 Å². The maximum absolute atomic E-state index is 6.03. The lowest BCUT2D eigenvalue weighted by Crippen LogP contribution is -2.11. The SMILES string of the molecule is Clc1ccccc1N1CCC(Br)=N1. The summed E-state index contributed by atoms with van der Waals surface area (Å²) < 4.78 is 0.979. The molecule has 0 spiro atoms. The molecule has 68 valence electrons. The van der Waals surface area contributed by atoms with Gasteiger partial charge >= 0.3 is 0 Å². The molecule has 1 heterocycles.